The van der Waals surface area contributed by atoms with Gasteiger partial charge in [-0.15, -0.1) is 0 Å². The van der Waals surface area contributed by atoms with E-state index in [4.69, 9.17) is 4.74 Å². The van der Waals surface area contributed by atoms with Gasteiger partial charge in [0, 0.05) is 17.3 Å². The number of methoxy groups -OCH3 is 1. The van der Waals surface area contributed by atoms with Gasteiger partial charge in [-0.1, -0.05) is 70.6 Å². The van der Waals surface area contributed by atoms with Gasteiger partial charge in [-0.3, -0.25) is 4.79 Å². The van der Waals surface area contributed by atoms with E-state index in [1.807, 2.05) is 6.07 Å². The summed E-state index contributed by atoms with van der Waals surface area (Å²) in [6.07, 6.45) is 14.0. The molecule has 0 amide bonds. The molecule has 0 bridgehead atoms. The molecule has 4 aliphatic rings. The molecular weight excluding hydrogens is 404 g/mol. The number of ether oxygens (including phenoxy) is 1. The van der Waals surface area contributed by atoms with Crippen LogP contribution in [0.15, 0.2) is 53.6 Å². The highest BCUT2D eigenvalue weighted by Crippen LogP contribution is 2.64. The van der Waals surface area contributed by atoms with Gasteiger partial charge in [0.05, 0.1) is 7.11 Å². The summed E-state index contributed by atoms with van der Waals surface area (Å²) in [5.74, 6) is 3.38. The summed E-state index contributed by atoms with van der Waals surface area (Å²) in [4.78, 5) is 12.7. The van der Waals surface area contributed by atoms with Crippen molar-refractivity contribution in [2.24, 2.45) is 34.0 Å². The highest BCUT2D eigenvalue weighted by Gasteiger charge is 2.58. The Labute approximate surface area is 200 Å². The summed E-state index contributed by atoms with van der Waals surface area (Å²) < 4.78 is 5.54. The monoisotopic (exact) mass is 444 g/mol. The van der Waals surface area contributed by atoms with Crippen molar-refractivity contribution in [2.45, 2.75) is 73.1 Å². The zero-order chi connectivity index (χ0) is 23.6. The van der Waals surface area contributed by atoms with Crippen molar-refractivity contribution in [2.75, 3.05) is 7.11 Å². The van der Waals surface area contributed by atoms with Crippen LogP contribution in [0.5, 0.6) is 5.75 Å². The Morgan fingerprint density at radius 2 is 1.85 bits per heavy atom. The first kappa shape index (κ1) is 22.7. The third kappa shape index (κ3) is 3.47. The van der Waals surface area contributed by atoms with Gasteiger partial charge in [-0.25, -0.2) is 0 Å². The average molecular weight is 445 g/mol. The Morgan fingerprint density at radius 1 is 1.06 bits per heavy atom. The summed E-state index contributed by atoms with van der Waals surface area (Å²) in [6.45, 7) is 11.7. The molecule has 1 aromatic rings. The predicted molar refractivity (Wildman–Crippen MR) is 136 cm³/mol. The van der Waals surface area contributed by atoms with Gasteiger partial charge >= 0.3 is 0 Å². The van der Waals surface area contributed by atoms with Crippen molar-refractivity contribution in [3.63, 3.8) is 0 Å². The molecule has 3 fully saturated rings. The number of benzene rings is 1. The lowest BCUT2D eigenvalue weighted by Gasteiger charge is -2.55. The maximum absolute atomic E-state index is 12.7. The summed E-state index contributed by atoms with van der Waals surface area (Å²) in [7, 11) is 1.74. The fraction of sp³-hybridized carbons (Fsp3) is 0.581. The number of hydrogen-bond donors (Lipinski definition) is 0. The Hall–Kier alpha value is -2.09. The molecule has 2 nitrogen and oxygen atoms in total. The summed E-state index contributed by atoms with van der Waals surface area (Å²) in [5, 5.41) is 0. The van der Waals surface area contributed by atoms with Crippen molar-refractivity contribution in [1.29, 1.82) is 0 Å². The van der Waals surface area contributed by atoms with Crippen LogP contribution in [-0.4, -0.2) is 12.9 Å². The number of Topliss-reactive ketones (excluding diaryl/α,β-unsaturated/α-hetero) is 1. The standard InChI is InChI=1S/C31H40O2/c1-29(2,3)28(20-8-7-9-23(19-20)33-6)21-14-16-30(4)22(18-21)10-11-24-25-12-13-27(32)31(25,5)17-15-26(24)30/h7-9,14,16,18-19,24-26H,10-13,15,17H2,1-6H3/b28-21-/t24-,25-,26-,30-,31-/m0/s1. The molecule has 2 heteroatoms. The van der Waals surface area contributed by atoms with Gasteiger partial charge in [0.15, 0.2) is 0 Å². The first-order valence-electron chi connectivity index (χ1n) is 12.9. The third-order valence-electron chi connectivity index (χ3n) is 9.69. The minimum atomic E-state index is -0.0477. The summed E-state index contributed by atoms with van der Waals surface area (Å²) >= 11 is 0. The molecule has 33 heavy (non-hydrogen) atoms. The van der Waals surface area contributed by atoms with E-state index < -0.39 is 0 Å². The Kier molecular flexibility index (Phi) is 5.31. The summed E-state index contributed by atoms with van der Waals surface area (Å²) in [5.41, 5.74) is 5.66. The molecule has 0 unspecified atom stereocenters. The van der Waals surface area contributed by atoms with Crippen LogP contribution in [0.4, 0.5) is 0 Å². The van der Waals surface area contributed by atoms with E-state index in [2.05, 4.69) is 71.0 Å². The molecule has 0 N–H and O–H groups in total. The van der Waals surface area contributed by atoms with Crippen molar-refractivity contribution < 1.29 is 9.53 Å². The zero-order valence-corrected chi connectivity index (χ0v) is 21.3. The Bertz CT molecular complexity index is 1060. The number of ketones is 1. The lowest BCUT2D eigenvalue weighted by atomic mass is 9.48. The van der Waals surface area contributed by atoms with Crippen LogP contribution in [0, 0.1) is 34.0 Å². The predicted octanol–water partition coefficient (Wildman–Crippen LogP) is 7.80. The number of rotatable bonds is 2. The van der Waals surface area contributed by atoms with Crippen LogP contribution < -0.4 is 4.74 Å². The Morgan fingerprint density at radius 3 is 2.58 bits per heavy atom. The SMILES string of the molecule is COc1cccc(/C(=C2\C=C[C@@]3(C)C(=C2)CC[C@@H]2[C@@H]3CC[C@]3(C)C(=O)CC[C@@H]23)C(C)(C)C)c1. The van der Waals surface area contributed by atoms with Gasteiger partial charge in [-0.2, -0.15) is 0 Å². The number of carbonyl (C=O) groups excluding carboxylic acids is 1. The van der Waals surface area contributed by atoms with Gasteiger partial charge in [0.25, 0.3) is 0 Å². The molecule has 0 heterocycles. The maximum Gasteiger partial charge on any atom is 0.139 e. The second-order valence-corrected chi connectivity index (χ2v) is 12.4. The first-order chi connectivity index (χ1) is 15.6. The fourth-order valence-electron chi connectivity index (χ4n) is 7.96. The number of fused-ring (bicyclic) bond motifs is 5. The van der Waals surface area contributed by atoms with Crippen molar-refractivity contribution in [1.82, 2.24) is 0 Å². The fourth-order valence-corrected chi connectivity index (χ4v) is 7.96. The van der Waals surface area contributed by atoms with Gasteiger partial charge in [0.1, 0.15) is 11.5 Å². The molecule has 4 aliphatic carbocycles. The quantitative estimate of drug-likeness (QED) is 0.465. The van der Waals surface area contributed by atoms with Crippen molar-refractivity contribution >= 4 is 11.4 Å². The molecule has 176 valence electrons. The van der Waals surface area contributed by atoms with E-state index in [-0.39, 0.29) is 16.2 Å². The van der Waals surface area contributed by atoms with Gasteiger partial charge < -0.3 is 4.74 Å². The van der Waals surface area contributed by atoms with E-state index >= 15 is 0 Å². The Balaban J connectivity index is 1.54. The molecular formula is C31H40O2. The molecule has 0 aromatic heterocycles. The second kappa shape index (κ2) is 7.72. The second-order valence-electron chi connectivity index (χ2n) is 12.4. The highest BCUT2D eigenvalue weighted by molar-refractivity contribution is 5.87. The number of hydrogen-bond acceptors (Lipinski definition) is 2. The third-order valence-corrected chi connectivity index (χ3v) is 9.69. The molecule has 0 radical (unpaired) electrons. The normalized spacial score (nSPS) is 37.1. The van der Waals surface area contributed by atoms with Crippen LogP contribution in [0.2, 0.25) is 0 Å². The molecule has 0 spiro atoms. The minimum Gasteiger partial charge on any atom is -0.497 e. The van der Waals surface area contributed by atoms with Crippen LogP contribution in [0.25, 0.3) is 5.57 Å². The number of carbonyl (C=O) groups is 1. The lowest BCUT2D eigenvalue weighted by molar-refractivity contribution is -0.131. The van der Waals surface area contributed by atoms with E-state index in [0.29, 0.717) is 23.5 Å². The van der Waals surface area contributed by atoms with E-state index in [1.165, 1.54) is 29.6 Å². The lowest BCUT2D eigenvalue weighted by Crippen LogP contribution is -2.49. The van der Waals surface area contributed by atoms with Gasteiger partial charge in [0.2, 0.25) is 0 Å². The number of allylic oxidation sites excluding steroid dienone is 6. The van der Waals surface area contributed by atoms with Crippen molar-refractivity contribution in [3.05, 3.63) is 59.2 Å². The average Bonchev–Trinajstić information content (AvgIpc) is 3.08. The molecule has 0 aliphatic heterocycles. The van der Waals surface area contributed by atoms with Crippen molar-refractivity contribution in [3.8, 4) is 5.75 Å². The van der Waals surface area contributed by atoms with E-state index in [1.54, 1.807) is 12.7 Å². The van der Waals surface area contributed by atoms with Crippen LogP contribution in [-0.2, 0) is 4.79 Å². The smallest absolute Gasteiger partial charge is 0.139 e. The van der Waals surface area contributed by atoms with Crippen LogP contribution in [0.3, 0.4) is 0 Å². The van der Waals surface area contributed by atoms with E-state index in [9.17, 15) is 4.79 Å². The maximum atomic E-state index is 12.7. The largest absolute Gasteiger partial charge is 0.497 e. The topological polar surface area (TPSA) is 26.3 Å². The minimum absolute atomic E-state index is 0.0188. The van der Waals surface area contributed by atoms with Crippen LogP contribution in [0.1, 0.15) is 78.7 Å². The molecule has 5 atom stereocenters. The molecule has 1 aromatic carbocycles. The molecule has 5 rings (SSSR count). The summed E-state index contributed by atoms with van der Waals surface area (Å²) in [6, 6.07) is 8.50. The highest BCUT2D eigenvalue weighted by atomic mass is 16.5. The zero-order valence-electron chi connectivity index (χ0n) is 21.3. The van der Waals surface area contributed by atoms with E-state index in [0.717, 1.165) is 31.4 Å². The first-order valence-corrected chi connectivity index (χ1v) is 12.9. The van der Waals surface area contributed by atoms with Crippen LogP contribution >= 0.6 is 0 Å². The molecule has 3 saturated carbocycles. The van der Waals surface area contributed by atoms with Gasteiger partial charge in [-0.05, 0) is 84.1 Å². The molecule has 0 saturated heterocycles.